The highest BCUT2D eigenvalue weighted by atomic mass is 32.2. The average Bonchev–Trinajstić information content (AvgIpc) is 3.09. The molecule has 4 rings (SSSR count). The summed E-state index contributed by atoms with van der Waals surface area (Å²) in [4.78, 5) is 40.4. The van der Waals surface area contributed by atoms with Crippen LogP contribution in [0, 0.1) is 0 Å². The molecule has 0 fully saturated rings. The van der Waals surface area contributed by atoms with Gasteiger partial charge in [-0.3, -0.25) is 14.4 Å². The first-order valence-electron chi connectivity index (χ1n) is 15.2. The van der Waals surface area contributed by atoms with Crippen LogP contribution in [-0.4, -0.2) is 43.8 Å². The van der Waals surface area contributed by atoms with Crippen LogP contribution in [0.4, 0.5) is 11.4 Å². The smallest absolute Gasteiger partial charge is 0.272 e. The zero-order valence-electron chi connectivity index (χ0n) is 26.9. The quantitative estimate of drug-likeness (QED) is 0.0695. The molecule has 9 nitrogen and oxygen atoms in total. The van der Waals surface area contributed by atoms with Gasteiger partial charge in [-0.25, -0.2) is 0 Å². The van der Waals surface area contributed by atoms with E-state index >= 15 is 0 Å². The van der Waals surface area contributed by atoms with Crippen molar-refractivity contribution in [1.82, 2.24) is 5.32 Å². The Morgan fingerprint density at radius 2 is 1.55 bits per heavy atom. The van der Waals surface area contributed by atoms with E-state index in [1.54, 1.807) is 79.9 Å². The Kier molecular flexibility index (Phi) is 12.9. The van der Waals surface area contributed by atoms with Gasteiger partial charge in [0.1, 0.15) is 22.9 Å². The van der Waals surface area contributed by atoms with Crippen molar-refractivity contribution in [2.45, 2.75) is 36.8 Å². The maximum atomic E-state index is 13.6. The third-order valence-corrected chi connectivity index (χ3v) is 8.03. The highest BCUT2D eigenvalue weighted by Gasteiger charge is 2.18. The first-order valence-corrected chi connectivity index (χ1v) is 16.1. The highest BCUT2D eigenvalue weighted by Crippen LogP contribution is 2.29. The van der Waals surface area contributed by atoms with E-state index in [1.807, 2.05) is 37.3 Å². The van der Waals surface area contributed by atoms with Crippen LogP contribution in [0.25, 0.3) is 6.08 Å². The minimum absolute atomic E-state index is 0.00917. The molecule has 47 heavy (non-hydrogen) atoms. The largest absolute Gasteiger partial charge is 0.497 e. The number of hydrogen-bond donors (Lipinski definition) is 3. The van der Waals surface area contributed by atoms with Crippen molar-refractivity contribution in [3.05, 3.63) is 114 Å². The lowest BCUT2D eigenvalue weighted by atomic mass is 10.1. The van der Waals surface area contributed by atoms with Crippen LogP contribution in [0.15, 0.2) is 108 Å². The molecular formula is C37H39N3O6S. The van der Waals surface area contributed by atoms with Crippen molar-refractivity contribution in [3.8, 4) is 17.2 Å². The summed E-state index contributed by atoms with van der Waals surface area (Å²) in [7, 11) is 3.06. The molecule has 3 N–H and O–H groups in total. The number of amides is 3. The van der Waals surface area contributed by atoms with Crippen LogP contribution in [0.1, 0.15) is 42.6 Å². The van der Waals surface area contributed by atoms with Crippen molar-refractivity contribution < 1.29 is 28.6 Å². The van der Waals surface area contributed by atoms with Crippen LogP contribution in [0.3, 0.4) is 0 Å². The van der Waals surface area contributed by atoms with Gasteiger partial charge in [-0.1, -0.05) is 37.6 Å². The predicted octanol–water partition coefficient (Wildman–Crippen LogP) is 7.41. The second-order valence-electron chi connectivity index (χ2n) is 10.4. The summed E-state index contributed by atoms with van der Waals surface area (Å²) >= 11 is 1.36. The molecule has 3 amide bonds. The maximum absolute atomic E-state index is 13.6. The Bertz CT molecular complexity index is 1690. The molecule has 0 saturated carbocycles. The third-order valence-electron chi connectivity index (χ3n) is 6.93. The summed E-state index contributed by atoms with van der Waals surface area (Å²) in [5.74, 6) is 0.667. The molecule has 0 spiro atoms. The summed E-state index contributed by atoms with van der Waals surface area (Å²) in [6.45, 7) is 4.58. The molecule has 1 atom stereocenters. The van der Waals surface area contributed by atoms with E-state index in [1.165, 1.54) is 18.9 Å². The monoisotopic (exact) mass is 653 g/mol. The second kappa shape index (κ2) is 17.5. The molecule has 0 aromatic heterocycles. The number of hydrogen-bond acceptors (Lipinski definition) is 7. The van der Waals surface area contributed by atoms with Crippen molar-refractivity contribution in [2.24, 2.45) is 0 Å². The lowest BCUT2D eigenvalue weighted by molar-refractivity contribution is -0.115. The van der Waals surface area contributed by atoms with Crippen LogP contribution >= 0.6 is 11.8 Å². The van der Waals surface area contributed by atoms with Crippen molar-refractivity contribution >= 4 is 46.9 Å². The minimum atomic E-state index is -0.540. The van der Waals surface area contributed by atoms with E-state index in [0.717, 1.165) is 23.5 Å². The normalized spacial score (nSPS) is 11.6. The van der Waals surface area contributed by atoms with Gasteiger partial charge >= 0.3 is 0 Å². The van der Waals surface area contributed by atoms with Gasteiger partial charge in [0, 0.05) is 33.5 Å². The minimum Gasteiger partial charge on any atom is -0.497 e. The fraction of sp³-hybridized carbons (Fsp3) is 0.216. The number of anilines is 2. The van der Waals surface area contributed by atoms with Gasteiger partial charge in [0.2, 0.25) is 5.91 Å². The Hall–Kier alpha value is -5.22. The molecule has 10 heteroatoms. The van der Waals surface area contributed by atoms with Crippen molar-refractivity contribution in [3.63, 3.8) is 0 Å². The number of methoxy groups -OCH3 is 2. The molecular weight excluding hydrogens is 614 g/mol. The number of nitrogens with one attached hydrogen (secondary N) is 3. The summed E-state index contributed by atoms with van der Waals surface area (Å²) in [6.07, 6.45) is 3.59. The molecule has 1 unspecified atom stereocenters. The number of carbonyl (C=O) groups is 3. The van der Waals surface area contributed by atoms with Gasteiger partial charge in [0.25, 0.3) is 11.8 Å². The highest BCUT2D eigenvalue weighted by molar-refractivity contribution is 8.00. The lowest BCUT2D eigenvalue weighted by Crippen LogP contribution is -2.30. The average molecular weight is 654 g/mol. The molecule has 244 valence electrons. The van der Waals surface area contributed by atoms with E-state index in [-0.39, 0.29) is 11.6 Å². The molecule has 4 aromatic rings. The Morgan fingerprint density at radius 1 is 0.809 bits per heavy atom. The van der Waals surface area contributed by atoms with Gasteiger partial charge in [-0.2, -0.15) is 0 Å². The van der Waals surface area contributed by atoms with Gasteiger partial charge in [0.15, 0.2) is 0 Å². The first kappa shape index (κ1) is 34.6. The fourth-order valence-electron chi connectivity index (χ4n) is 4.35. The summed E-state index contributed by atoms with van der Waals surface area (Å²) in [5.41, 5.74) is 2.14. The fourth-order valence-corrected chi connectivity index (χ4v) is 5.28. The third kappa shape index (κ3) is 10.4. The lowest BCUT2D eigenvalue weighted by Gasteiger charge is -2.15. The molecule has 0 aliphatic carbocycles. The van der Waals surface area contributed by atoms with Gasteiger partial charge in [0.05, 0.1) is 26.1 Å². The van der Waals surface area contributed by atoms with E-state index < -0.39 is 17.1 Å². The van der Waals surface area contributed by atoms with E-state index in [9.17, 15) is 14.4 Å². The van der Waals surface area contributed by atoms with Gasteiger partial charge < -0.3 is 30.2 Å². The molecule has 0 heterocycles. The molecule has 4 aromatic carbocycles. The van der Waals surface area contributed by atoms with E-state index in [2.05, 4.69) is 22.9 Å². The number of carbonyl (C=O) groups excluding carboxylic acids is 3. The van der Waals surface area contributed by atoms with Crippen molar-refractivity contribution in [2.75, 3.05) is 31.5 Å². The van der Waals surface area contributed by atoms with Crippen LogP contribution in [0.2, 0.25) is 0 Å². The van der Waals surface area contributed by atoms with E-state index in [0.29, 0.717) is 40.6 Å². The number of thioether (sulfide) groups is 1. The molecule has 0 radical (unpaired) electrons. The van der Waals surface area contributed by atoms with Crippen LogP contribution < -0.4 is 30.2 Å². The molecule has 0 saturated heterocycles. The van der Waals surface area contributed by atoms with Gasteiger partial charge in [-0.05, 0) is 86.2 Å². The zero-order valence-corrected chi connectivity index (χ0v) is 27.7. The molecule has 0 bridgehead atoms. The molecule has 0 aliphatic heterocycles. The van der Waals surface area contributed by atoms with Crippen molar-refractivity contribution in [1.29, 1.82) is 0 Å². The van der Waals surface area contributed by atoms with Crippen LogP contribution in [-0.2, 0) is 9.59 Å². The first-order chi connectivity index (χ1) is 22.8. The number of rotatable bonds is 15. The zero-order chi connectivity index (χ0) is 33.6. The van der Waals surface area contributed by atoms with E-state index in [4.69, 9.17) is 14.2 Å². The topological polar surface area (TPSA) is 115 Å². The summed E-state index contributed by atoms with van der Waals surface area (Å²) < 4.78 is 16.5. The standard InChI is InChI=1S/C37H39N3O6S/c1-5-6-21-46-30-19-16-28(17-20-30)38-35(41)25(2)47-32-14-10-13-29(23-32)39-37(43)33(40-36(42)26-11-8-7-9-12-26)22-27-15-18-31(44-3)24-34(27)45-4/h7-20,22-25H,5-6,21H2,1-4H3,(H,38,41)(H,39,43)(H,40,42)/b33-22+. The number of ether oxygens (including phenoxy) is 3. The SMILES string of the molecule is CCCCOc1ccc(NC(=O)C(C)Sc2cccc(NC(=O)/C(=C\c3ccc(OC)cc3OC)NC(=O)c3ccccc3)c2)cc1. The number of unbranched alkanes of at least 4 members (excludes halogenated alkanes) is 1. The second-order valence-corrected chi connectivity index (χ2v) is 11.9. The van der Waals surface area contributed by atoms with Crippen LogP contribution in [0.5, 0.6) is 17.2 Å². The number of benzene rings is 4. The summed E-state index contributed by atoms with van der Waals surface area (Å²) in [5, 5.41) is 8.12. The Labute approximate surface area is 279 Å². The molecule has 0 aliphatic rings. The Morgan fingerprint density at radius 3 is 2.26 bits per heavy atom. The Balaban J connectivity index is 1.46. The summed E-state index contributed by atoms with van der Waals surface area (Å²) in [6, 6.07) is 28.3. The van der Waals surface area contributed by atoms with Gasteiger partial charge in [-0.15, -0.1) is 11.8 Å². The maximum Gasteiger partial charge on any atom is 0.272 e. The predicted molar refractivity (Wildman–Crippen MR) is 187 cm³/mol.